The van der Waals surface area contributed by atoms with E-state index in [1.54, 1.807) is 18.9 Å². The molecule has 0 saturated carbocycles. The van der Waals surface area contributed by atoms with Crippen molar-refractivity contribution in [2.45, 2.75) is 30.2 Å². The normalized spacial score (nSPS) is 12.1. The van der Waals surface area contributed by atoms with E-state index in [4.69, 9.17) is 9.15 Å². The Morgan fingerprint density at radius 1 is 1.04 bits per heavy atom. The number of aromatic nitrogens is 2. The Hall–Kier alpha value is -2.27. The summed E-state index contributed by atoms with van der Waals surface area (Å²) in [6.45, 7) is 2.16. The summed E-state index contributed by atoms with van der Waals surface area (Å²) in [5.41, 5.74) is 2.31. The van der Waals surface area contributed by atoms with Crippen molar-refractivity contribution < 1.29 is 9.15 Å². The zero-order valence-electron chi connectivity index (χ0n) is 13.8. The highest BCUT2D eigenvalue weighted by atomic mass is 32.2. The number of nitrogens with zero attached hydrogens (tertiary/aromatic N) is 2. The predicted octanol–water partition coefficient (Wildman–Crippen LogP) is 4.91. The maximum absolute atomic E-state index is 5.83. The predicted molar refractivity (Wildman–Crippen MR) is 95.4 cm³/mol. The smallest absolute Gasteiger partial charge is 0.277 e. The molecule has 1 heterocycles. The lowest BCUT2D eigenvalue weighted by Gasteiger charge is -2.11. The Labute approximate surface area is 146 Å². The highest BCUT2D eigenvalue weighted by Crippen LogP contribution is 2.37. The van der Waals surface area contributed by atoms with E-state index < -0.39 is 0 Å². The molecule has 5 heteroatoms. The molecule has 0 aliphatic heterocycles. The Balaban J connectivity index is 1.71. The molecule has 0 spiro atoms. The minimum absolute atomic E-state index is 0.311. The van der Waals surface area contributed by atoms with Gasteiger partial charge in [-0.3, -0.25) is 0 Å². The van der Waals surface area contributed by atoms with Crippen LogP contribution in [0.4, 0.5) is 0 Å². The van der Waals surface area contributed by atoms with E-state index in [1.165, 1.54) is 5.56 Å². The van der Waals surface area contributed by atoms with Crippen LogP contribution in [0.3, 0.4) is 0 Å². The van der Waals surface area contributed by atoms with Gasteiger partial charge in [0.1, 0.15) is 5.75 Å². The average molecular weight is 340 g/mol. The first-order valence-electron chi connectivity index (χ1n) is 7.96. The fourth-order valence-electron chi connectivity index (χ4n) is 2.55. The van der Waals surface area contributed by atoms with Gasteiger partial charge >= 0.3 is 0 Å². The Bertz CT molecular complexity index is 774. The van der Waals surface area contributed by atoms with Crippen LogP contribution >= 0.6 is 11.8 Å². The average Bonchev–Trinajstić information content (AvgIpc) is 3.08. The Kier molecular flexibility index (Phi) is 5.54. The monoisotopic (exact) mass is 340 g/mol. The molecule has 0 aliphatic carbocycles. The molecular formula is C19H20N2O2S. The summed E-state index contributed by atoms with van der Waals surface area (Å²) in [5.74, 6) is 1.44. The highest BCUT2D eigenvalue weighted by Gasteiger charge is 2.16. The minimum atomic E-state index is 0.311. The van der Waals surface area contributed by atoms with Gasteiger partial charge in [0, 0.05) is 10.8 Å². The second-order valence-electron chi connectivity index (χ2n) is 5.38. The molecule has 4 nitrogen and oxygen atoms in total. The third-order valence-electron chi connectivity index (χ3n) is 3.77. The summed E-state index contributed by atoms with van der Waals surface area (Å²) < 4.78 is 11.2. The third-order valence-corrected chi connectivity index (χ3v) is 5.02. The topological polar surface area (TPSA) is 48.2 Å². The number of thioether (sulfide) groups is 1. The number of hydrogen-bond donors (Lipinski definition) is 0. The molecule has 0 radical (unpaired) electrons. The zero-order valence-corrected chi connectivity index (χ0v) is 14.6. The summed E-state index contributed by atoms with van der Waals surface area (Å²) >= 11 is 1.61. The molecule has 0 amide bonds. The van der Waals surface area contributed by atoms with Gasteiger partial charge in [-0.05, 0) is 18.1 Å². The first-order chi connectivity index (χ1) is 11.8. The van der Waals surface area contributed by atoms with Gasteiger partial charge in [0.25, 0.3) is 5.22 Å². The molecule has 3 aromatic rings. The first kappa shape index (κ1) is 16.6. The van der Waals surface area contributed by atoms with Gasteiger partial charge < -0.3 is 9.15 Å². The summed E-state index contributed by atoms with van der Waals surface area (Å²) in [5, 5.41) is 9.28. The number of methoxy groups -OCH3 is 1. The van der Waals surface area contributed by atoms with Crippen LogP contribution < -0.4 is 4.74 Å². The van der Waals surface area contributed by atoms with Crippen molar-refractivity contribution in [3.05, 3.63) is 71.6 Å². The van der Waals surface area contributed by atoms with Crippen LogP contribution in [0.15, 0.2) is 64.2 Å². The quantitative estimate of drug-likeness (QED) is 0.572. The number of benzene rings is 2. The summed E-state index contributed by atoms with van der Waals surface area (Å²) in [6.07, 6.45) is 1.57. The van der Waals surface area contributed by atoms with Crippen LogP contribution in [0, 0.1) is 0 Å². The molecule has 0 saturated heterocycles. The molecule has 1 atom stereocenters. The maximum Gasteiger partial charge on any atom is 0.277 e. The second-order valence-corrected chi connectivity index (χ2v) is 6.53. The molecule has 0 N–H and O–H groups in total. The second kappa shape index (κ2) is 8.02. The standard InChI is InChI=1S/C19H20N2O2S/c1-3-17(14-9-5-4-6-10-14)24-19-21-20-18(23-19)13-15-11-7-8-12-16(15)22-2/h4-12,17H,3,13H2,1-2H3. The van der Waals surface area contributed by atoms with Gasteiger partial charge in [-0.2, -0.15) is 0 Å². The summed E-state index contributed by atoms with van der Waals surface area (Å²) in [7, 11) is 1.67. The molecule has 3 rings (SSSR count). The zero-order chi connectivity index (χ0) is 16.8. The van der Waals surface area contributed by atoms with Gasteiger partial charge in [0.05, 0.1) is 13.5 Å². The van der Waals surface area contributed by atoms with Crippen molar-refractivity contribution in [1.29, 1.82) is 0 Å². The van der Waals surface area contributed by atoms with Crippen LogP contribution in [0.2, 0.25) is 0 Å². The van der Waals surface area contributed by atoms with Crippen LogP contribution in [0.1, 0.15) is 35.6 Å². The van der Waals surface area contributed by atoms with Crippen molar-refractivity contribution >= 4 is 11.8 Å². The van der Waals surface area contributed by atoms with Gasteiger partial charge in [-0.25, -0.2) is 0 Å². The first-order valence-corrected chi connectivity index (χ1v) is 8.84. The molecule has 0 bridgehead atoms. The SMILES string of the molecule is CCC(Sc1nnc(Cc2ccccc2OC)o1)c1ccccc1. The molecule has 1 aromatic heterocycles. The lowest BCUT2D eigenvalue weighted by atomic mass is 10.1. The number of hydrogen-bond acceptors (Lipinski definition) is 5. The van der Waals surface area contributed by atoms with E-state index >= 15 is 0 Å². The summed E-state index contributed by atoms with van der Waals surface area (Å²) in [6, 6.07) is 18.3. The van der Waals surface area contributed by atoms with E-state index in [1.807, 2.05) is 30.3 Å². The third kappa shape index (κ3) is 3.97. The number of ether oxygens (including phenoxy) is 1. The van der Waals surface area contributed by atoms with Gasteiger partial charge in [-0.1, -0.05) is 67.2 Å². The highest BCUT2D eigenvalue weighted by molar-refractivity contribution is 7.99. The van der Waals surface area contributed by atoms with E-state index in [0.717, 1.165) is 17.7 Å². The molecular weight excluding hydrogens is 320 g/mol. The minimum Gasteiger partial charge on any atom is -0.496 e. The van der Waals surface area contributed by atoms with Gasteiger partial charge in [0.2, 0.25) is 5.89 Å². The molecule has 2 aromatic carbocycles. The fraction of sp³-hybridized carbons (Fsp3) is 0.263. The van der Waals surface area contributed by atoms with Crippen LogP contribution in [-0.4, -0.2) is 17.3 Å². The lowest BCUT2D eigenvalue weighted by Crippen LogP contribution is -1.93. The van der Waals surface area contributed by atoms with Crippen LogP contribution in [0.25, 0.3) is 0 Å². The fourth-order valence-corrected chi connectivity index (χ4v) is 3.48. The van der Waals surface area contributed by atoms with E-state index in [9.17, 15) is 0 Å². The van der Waals surface area contributed by atoms with Crippen molar-refractivity contribution in [3.63, 3.8) is 0 Å². The largest absolute Gasteiger partial charge is 0.496 e. The van der Waals surface area contributed by atoms with Crippen molar-refractivity contribution in [2.24, 2.45) is 0 Å². The van der Waals surface area contributed by atoms with Crippen molar-refractivity contribution in [2.75, 3.05) is 7.11 Å². The Morgan fingerprint density at radius 3 is 2.54 bits per heavy atom. The lowest BCUT2D eigenvalue weighted by molar-refractivity contribution is 0.400. The van der Waals surface area contributed by atoms with Crippen molar-refractivity contribution in [1.82, 2.24) is 10.2 Å². The van der Waals surface area contributed by atoms with E-state index in [0.29, 0.717) is 22.8 Å². The molecule has 24 heavy (non-hydrogen) atoms. The Morgan fingerprint density at radius 2 is 1.79 bits per heavy atom. The maximum atomic E-state index is 5.83. The van der Waals surface area contributed by atoms with Crippen LogP contribution in [0.5, 0.6) is 5.75 Å². The molecule has 1 unspecified atom stereocenters. The molecule has 0 fully saturated rings. The van der Waals surface area contributed by atoms with Crippen LogP contribution in [-0.2, 0) is 6.42 Å². The van der Waals surface area contributed by atoms with E-state index in [-0.39, 0.29) is 0 Å². The molecule has 0 aliphatic rings. The molecule has 124 valence electrons. The van der Waals surface area contributed by atoms with Gasteiger partial charge in [0.15, 0.2) is 0 Å². The van der Waals surface area contributed by atoms with Gasteiger partial charge in [-0.15, -0.1) is 10.2 Å². The number of para-hydroxylation sites is 1. The van der Waals surface area contributed by atoms with E-state index in [2.05, 4.69) is 41.4 Å². The van der Waals surface area contributed by atoms with Crippen molar-refractivity contribution in [3.8, 4) is 5.75 Å². The number of rotatable bonds is 7. The summed E-state index contributed by atoms with van der Waals surface area (Å²) in [4.78, 5) is 0.